The van der Waals surface area contributed by atoms with Crippen LogP contribution in [-0.4, -0.2) is 20.7 Å². The smallest absolute Gasteiger partial charge is 0.175 e. The van der Waals surface area contributed by atoms with Gasteiger partial charge in [-0.15, -0.1) is 0 Å². The zero-order chi connectivity index (χ0) is 16.6. The van der Waals surface area contributed by atoms with Crippen molar-refractivity contribution in [2.45, 2.75) is 23.8 Å². The van der Waals surface area contributed by atoms with Gasteiger partial charge < -0.3 is 0 Å². The average molecular weight is 355 g/mol. The summed E-state index contributed by atoms with van der Waals surface area (Å²) in [6, 6.07) is 10.2. The average Bonchev–Trinajstić information content (AvgIpc) is 2.88. The second kappa shape index (κ2) is 6.07. The van der Waals surface area contributed by atoms with E-state index in [0.29, 0.717) is 10.8 Å². The molecule has 4 rings (SSSR count). The van der Waals surface area contributed by atoms with Crippen molar-refractivity contribution in [2.75, 3.05) is 4.90 Å². The first-order chi connectivity index (χ1) is 11.7. The van der Waals surface area contributed by atoms with Crippen LogP contribution in [0, 0.1) is 0 Å². The first-order valence-electron chi connectivity index (χ1n) is 7.63. The van der Waals surface area contributed by atoms with Gasteiger partial charge in [-0.1, -0.05) is 53.7 Å². The number of allylic oxidation sites excluding steroid dienone is 2. The minimum Gasteiger partial charge on any atom is -0.273 e. The molecule has 0 fully saturated rings. The number of aromatic nitrogens is 2. The van der Waals surface area contributed by atoms with E-state index in [1.54, 1.807) is 18.0 Å². The molecule has 2 heterocycles. The van der Waals surface area contributed by atoms with Crippen LogP contribution in [0.1, 0.15) is 13.3 Å². The molecule has 120 valence electrons. The van der Waals surface area contributed by atoms with E-state index >= 15 is 0 Å². The molecule has 4 nitrogen and oxygen atoms in total. The van der Waals surface area contributed by atoms with E-state index in [2.05, 4.69) is 47.3 Å². The Bertz CT molecular complexity index is 862. The second-order valence-electron chi connectivity index (χ2n) is 5.80. The van der Waals surface area contributed by atoms with Crippen molar-refractivity contribution >= 4 is 34.3 Å². The summed E-state index contributed by atoms with van der Waals surface area (Å²) in [5.74, 6) is 0.666. The lowest BCUT2D eigenvalue weighted by Crippen LogP contribution is -2.32. The predicted molar refractivity (Wildman–Crippen MR) is 99.5 cm³/mol. The van der Waals surface area contributed by atoms with Gasteiger partial charge in [0, 0.05) is 4.90 Å². The van der Waals surface area contributed by atoms with Gasteiger partial charge in [-0.25, -0.2) is 15.0 Å². The van der Waals surface area contributed by atoms with E-state index in [4.69, 9.17) is 16.6 Å². The molecule has 6 heteroatoms. The maximum atomic E-state index is 6.37. The van der Waals surface area contributed by atoms with Crippen LogP contribution >= 0.6 is 23.4 Å². The number of rotatable bonds is 2. The number of fused-ring (bicyclic) bond motifs is 1. The highest BCUT2D eigenvalue weighted by Crippen LogP contribution is 2.44. The Morgan fingerprint density at radius 1 is 1.25 bits per heavy atom. The highest BCUT2D eigenvalue weighted by atomic mass is 35.5. The standard InChI is InChI=1S/C18H15ClN4S/c1-18-10-6-5-9-15(18)23(16-14(19)11-20-12-21-16)17(22-18)24-13-7-3-2-4-8-13/h2-9,11-12H,10H2,1H3. The Balaban J connectivity index is 1.81. The molecule has 2 aromatic rings. The minimum atomic E-state index is -0.292. The number of aliphatic imine (C=N–C) groups is 1. The number of hydrogen-bond acceptors (Lipinski definition) is 5. The number of hydrogen-bond donors (Lipinski definition) is 0. The maximum absolute atomic E-state index is 6.37. The van der Waals surface area contributed by atoms with Crippen LogP contribution in [-0.2, 0) is 0 Å². The second-order valence-corrected chi connectivity index (χ2v) is 7.25. The van der Waals surface area contributed by atoms with E-state index in [1.165, 1.54) is 6.33 Å². The van der Waals surface area contributed by atoms with Gasteiger partial charge in [0.25, 0.3) is 0 Å². The van der Waals surface area contributed by atoms with Crippen LogP contribution in [0.15, 0.2) is 76.7 Å². The fourth-order valence-corrected chi connectivity index (χ4v) is 4.08. The molecule has 0 amide bonds. The van der Waals surface area contributed by atoms with Crippen LogP contribution in [0.25, 0.3) is 0 Å². The van der Waals surface area contributed by atoms with Crippen LogP contribution in [0.2, 0.25) is 5.02 Å². The number of amidine groups is 1. The van der Waals surface area contributed by atoms with Crippen molar-refractivity contribution in [1.29, 1.82) is 0 Å². The Morgan fingerprint density at radius 3 is 2.88 bits per heavy atom. The molecule has 24 heavy (non-hydrogen) atoms. The molecule has 0 bridgehead atoms. The van der Waals surface area contributed by atoms with Crippen LogP contribution in [0.3, 0.4) is 0 Å². The fraction of sp³-hybridized carbons (Fsp3) is 0.167. The third kappa shape index (κ3) is 2.64. The third-order valence-electron chi connectivity index (χ3n) is 4.04. The molecule has 0 N–H and O–H groups in total. The fourth-order valence-electron chi connectivity index (χ4n) is 2.86. The van der Waals surface area contributed by atoms with Crippen molar-refractivity contribution in [1.82, 2.24) is 9.97 Å². The summed E-state index contributed by atoms with van der Waals surface area (Å²) in [6.07, 6.45) is 10.3. The summed E-state index contributed by atoms with van der Waals surface area (Å²) in [5.41, 5.74) is 0.796. The number of halogens is 1. The molecule has 0 radical (unpaired) electrons. The summed E-state index contributed by atoms with van der Waals surface area (Å²) in [5, 5.41) is 1.39. The molecule has 2 aliphatic rings. The number of benzene rings is 1. The quantitative estimate of drug-likeness (QED) is 0.783. The van der Waals surface area contributed by atoms with E-state index in [9.17, 15) is 0 Å². The van der Waals surface area contributed by atoms with Crippen molar-refractivity contribution in [3.63, 3.8) is 0 Å². The van der Waals surface area contributed by atoms with Gasteiger partial charge in [-0.05, 0) is 31.6 Å². The largest absolute Gasteiger partial charge is 0.273 e. The lowest BCUT2D eigenvalue weighted by molar-refractivity contribution is 0.570. The summed E-state index contributed by atoms with van der Waals surface area (Å²) in [7, 11) is 0. The van der Waals surface area contributed by atoms with Gasteiger partial charge in [0.1, 0.15) is 16.9 Å². The molecule has 1 unspecified atom stereocenters. The number of nitrogens with zero attached hydrogens (tertiary/aromatic N) is 4. The van der Waals surface area contributed by atoms with E-state index in [1.807, 2.05) is 23.1 Å². The summed E-state index contributed by atoms with van der Waals surface area (Å²) < 4.78 is 0. The molecule has 1 aliphatic carbocycles. The molecule has 0 saturated heterocycles. The van der Waals surface area contributed by atoms with E-state index in [-0.39, 0.29) is 5.54 Å². The lowest BCUT2D eigenvalue weighted by atomic mass is 9.91. The topological polar surface area (TPSA) is 41.4 Å². The number of anilines is 1. The van der Waals surface area contributed by atoms with Gasteiger partial charge in [0.05, 0.1) is 11.9 Å². The highest BCUT2D eigenvalue weighted by Gasteiger charge is 2.42. The maximum Gasteiger partial charge on any atom is 0.175 e. The monoisotopic (exact) mass is 354 g/mol. The molecule has 0 spiro atoms. The molecule has 1 aromatic heterocycles. The predicted octanol–water partition coefficient (Wildman–Crippen LogP) is 4.70. The van der Waals surface area contributed by atoms with Crippen LogP contribution in [0.5, 0.6) is 0 Å². The van der Waals surface area contributed by atoms with Gasteiger partial charge in [-0.2, -0.15) is 0 Å². The normalized spacial score (nSPS) is 22.2. The van der Waals surface area contributed by atoms with Crippen LogP contribution in [0.4, 0.5) is 5.82 Å². The van der Waals surface area contributed by atoms with E-state index in [0.717, 1.165) is 22.2 Å². The van der Waals surface area contributed by atoms with Crippen molar-refractivity contribution in [3.8, 4) is 0 Å². The first kappa shape index (κ1) is 15.4. The molecular formula is C18H15ClN4S. The van der Waals surface area contributed by atoms with Crippen molar-refractivity contribution in [3.05, 3.63) is 71.8 Å². The van der Waals surface area contributed by atoms with E-state index < -0.39 is 0 Å². The summed E-state index contributed by atoms with van der Waals surface area (Å²) in [4.78, 5) is 16.6. The minimum absolute atomic E-state index is 0.292. The number of thioether (sulfide) groups is 1. The highest BCUT2D eigenvalue weighted by molar-refractivity contribution is 8.14. The van der Waals surface area contributed by atoms with Gasteiger partial charge in [-0.3, -0.25) is 4.90 Å². The van der Waals surface area contributed by atoms with Gasteiger partial charge in [0.2, 0.25) is 0 Å². The molecule has 1 aromatic carbocycles. The molecule has 0 saturated carbocycles. The van der Waals surface area contributed by atoms with Crippen LogP contribution < -0.4 is 4.90 Å². The SMILES string of the molecule is CC12CC=CC=C1N(c1ncncc1Cl)C(Sc1ccccc1)=N2. The summed E-state index contributed by atoms with van der Waals surface area (Å²) >= 11 is 7.99. The Kier molecular flexibility index (Phi) is 3.90. The third-order valence-corrected chi connectivity index (χ3v) is 5.28. The molecule has 1 atom stereocenters. The lowest BCUT2D eigenvalue weighted by Gasteiger charge is -2.29. The Hall–Kier alpha value is -2.11. The van der Waals surface area contributed by atoms with Gasteiger partial charge in [0.15, 0.2) is 11.0 Å². The first-order valence-corrected chi connectivity index (χ1v) is 8.82. The van der Waals surface area contributed by atoms with Crippen molar-refractivity contribution in [2.24, 2.45) is 4.99 Å². The molecule has 1 aliphatic heterocycles. The van der Waals surface area contributed by atoms with Gasteiger partial charge >= 0.3 is 0 Å². The zero-order valence-electron chi connectivity index (χ0n) is 13.1. The van der Waals surface area contributed by atoms with Crippen molar-refractivity contribution < 1.29 is 0 Å². The Labute approximate surface area is 150 Å². The summed E-state index contributed by atoms with van der Waals surface area (Å²) in [6.45, 7) is 2.14. The molecular weight excluding hydrogens is 340 g/mol. The zero-order valence-corrected chi connectivity index (χ0v) is 14.6. The Morgan fingerprint density at radius 2 is 2.08 bits per heavy atom.